The van der Waals surface area contributed by atoms with E-state index < -0.39 is 0 Å². The Morgan fingerprint density at radius 3 is 2.79 bits per heavy atom. The predicted molar refractivity (Wildman–Crippen MR) is 115 cm³/mol. The van der Waals surface area contributed by atoms with Gasteiger partial charge in [0.25, 0.3) is 0 Å². The van der Waals surface area contributed by atoms with Gasteiger partial charge >= 0.3 is 0 Å². The van der Waals surface area contributed by atoms with Crippen LogP contribution in [-0.4, -0.2) is 27.8 Å². The van der Waals surface area contributed by atoms with Gasteiger partial charge in [0.2, 0.25) is 11.0 Å². The number of anilines is 1. The number of benzene rings is 2. The van der Waals surface area contributed by atoms with Crippen LogP contribution >= 0.6 is 22.9 Å². The van der Waals surface area contributed by atoms with Crippen molar-refractivity contribution in [2.75, 3.05) is 12.4 Å². The summed E-state index contributed by atoms with van der Waals surface area (Å²) in [6, 6.07) is 13.4. The summed E-state index contributed by atoms with van der Waals surface area (Å²) in [5, 5.41) is 9.10. The first-order valence-electron chi connectivity index (χ1n) is 9.13. The number of methoxy groups -OCH3 is 1. The molecule has 4 aromatic rings. The Bertz CT molecular complexity index is 1250. The van der Waals surface area contributed by atoms with Crippen molar-refractivity contribution < 1.29 is 9.53 Å². The maximum atomic E-state index is 12.5. The third-order valence-corrected chi connectivity index (χ3v) is 6.39. The fourth-order valence-corrected chi connectivity index (χ4v) is 4.85. The second-order valence-corrected chi connectivity index (χ2v) is 8.39. The van der Waals surface area contributed by atoms with Gasteiger partial charge < -0.3 is 10.1 Å². The molecule has 0 fully saturated rings. The number of hydrogen-bond donors (Lipinski definition) is 1. The number of hydrogen-bond acceptors (Lipinski definition) is 5. The second kappa shape index (κ2) is 6.86. The highest BCUT2D eigenvalue weighted by Gasteiger charge is 2.33. The van der Waals surface area contributed by atoms with E-state index in [0.717, 1.165) is 32.8 Å². The minimum absolute atomic E-state index is 0.0404. The van der Waals surface area contributed by atoms with Gasteiger partial charge in [-0.15, -0.1) is 0 Å². The number of halogens is 1. The Kier molecular flexibility index (Phi) is 4.29. The molecule has 146 valence electrons. The SMILES string of the molecule is COc1ccc2nc(-n3nc(C)c4c3NC(=O)C[C@H]4c3ccc(Cl)cc3)sc2c1. The average Bonchev–Trinajstić information content (AvgIpc) is 3.28. The first-order chi connectivity index (χ1) is 14.0. The van der Waals surface area contributed by atoms with Gasteiger partial charge in [-0.3, -0.25) is 4.79 Å². The summed E-state index contributed by atoms with van der Waals surface area (Å²) in [7, 11) is 1.64. The summed E-state index contributed by atoms with van der Waals surface area (Å²) in [5.74, 6) is 1.35. The van der Waals surface area contributed by atoms with E-state index in [1.165, 1.54) is 11.3 Å². The lowest BCUT2D eigenvalue weighted by Crippen LogP contribution is -2.24. The van der Waals surface area contributed by atoms with Crippen LogP contribution in [0.5, 0.6) is 5.75 Å². The van der Waals surface area contributed by atoms with Crippen molar-refractivity contribution in [3.05, 3.63) is 64.3 Å². The van der Waals surface area contributed by atoms with Crippen LogP contribution in [0.2, 0.25) is 5.02 Å². The topological polar surface area (TPSA) is 69.0 Å². The predicted octanol–water partition coefficient (Wildman–Crippen LogP) is 4.93. The summed E-state index contributed by atoms with van der Waals surface area (Å²) in [6.07, 6.45) is 0.373. The van der Waals surface area contributed by atoms with Crippen LogP contribution in [0.15, 0.2) is 42.5 Å². The van der Waals surface area contributed by atoms with Crippen molar-refractivity contribution in [3.63, 3.8) is 0 Å². The van der Waals surface area contributed by atoms with E-state index in [1.54, 1.807) is 11.8 Å². The molecule has 1 atom stereocenters. The molecule has 8 heteroatoms. The van der Waals surface area contributed by atoms with Crippen molar-refractivity contribution in [1.29, 1.82) is 0 Å². The van der Waals surface area contributed by atoms with Crippen LogP contribution in [0.3, 0.4) is 0 Å². The van der Waals surface area contributed by atoms with Crippen LogP contribution in [0, 0.1) is 6.92 Å². The number of nitrogens with one attached hydrogen (secondary N) is 1. The lowest BCUT2D eigenvalue weighted by atomic mass is 9.86. The normalized spacial score (nSPS) is 16.0. The van der Waals surface area contributed by atoms with E-state index in [1.807, 2.05) is 49.4 Å². The van der Waals surface area contributed by atoms with Crippen molar-refractivity contribution in [2.24, 2.45) is 0 Å². The van der Waals surface area contributed by atoms with Crippen molar-refractivity contribution >= 4 is 44.9 Å². The van der Waals surface area contributed by atoms with E-state index in [0.29, 0.717) is 22.4 Å². The zero-order valence-corrected chi connectivity index (χ0v) is 17.3. The van der Waals surface area contributed by atoms with Gasteiger partial charge in [-0.05, 0) is 42.8 Å². The molecule has 0 bridgehead atoms. The maximum absolute atomic E-state index is 12.5. The average molecular weight is 425 g/mol. The highest BCUT2D eigenvalue weighted by molar-refractivity contribution is 7.20. The van der Waals surface area contributed by atoms with Crippen LogP contribution in [-0.2, 0) is 4.79 Å². The van der Waals surface area contributed by atoms with E-state index in [4.69, 9.17) is 26.4 Å². The van der Waals surface area contributed by atoms with Crippen LogP contribution in [0.25, 0.3) is 15.3 Å². The molecular weight excluding hydrogens is 408 g/mol. The van der Waals surface area contributed by atoms with Crippen molar-refractivity contribution in [1.82, 2.24) is 14.8 Å². The number of aryl methyl sites for hydroxylation is 1. The number of nitrogens with zero attached hydrogens (tertiary/aromatic N) is 3. The second-order valence-electron chi connectivity index (χ2n) is 6.95. The lowest BCUT2D eigenvalue weighted by Gasteiger charge is -2.24. The van der Waals surface area contributed by atoms with Gasteiger partial charge in [0.1, 0.15) is 11.6 Å². The molecule has 1 N–H and O–H groups in total. The fraction of sp³-hybridized carbons (Fsp3) is 0.190. The standard InChI is InChI=1S/C21H17ClN4O2S/c1-11-19-15(12-3-5-13(22)6-4-12)10-18(27)24-20(19)26(25-11)21-23-16-8-7-14(28-2)9-17(16)29-21/h3-9,15H,10H2,1-2H3,(H,24,27)/t15-/m0/s1. The quantitative estimate of drug-likeness (QED) is 0.506. The molecule has 0 aliphatic carbocycles. The number of fused-ring (bicyclic) bond motifs is 2. The lowest BCUT2D eigenvalue weighted by molar-refractivity contribution is -0.116. The summed E-state index contributed by atoms with van der Waals surface area (Å²) >= 11 is 7.55. The van der Waals surface area contributed by atoms with Gasteiger partial charge in [0.15, 0.2) is 0 Å². The molecule has 2 aromatic carbocycles. The molecule has 6 nitrogen and oxygen atoms in total. The molecule has 2 aromatic heterocycles. The van der Waals surface area contributed by atoms with Crippen LogP contribution in [0.4, 0.5) is 5.82 Å². The molecule has 29 heavy (non-hydrogen) atoms. The van der Waals surface area contributed by atoms with E-state index in [9.17, 15) is 4.79 Å². The van der Waals surface area contributed by atoms with E-state index in [-0.39, 0.29) is 11.8 Å². The van der Waals surface area contributed by atoms with Gasteiger partial charge in [-0.25, -0.2) is 4.98 Å². The summed E-state index contributed by atoms with van der Waals surface area (Å²) in [4.78, 5) is 17.2. The van der Waals surface area contributed by atoms with Crippen LogP contribution < -0.4 is 10.1 Å². The molecule has 1 aliphatic rings. The third-order valence-electron chi connectivity index (χ3n) is 5.14. The molecule has 3 heterocycles. The molecule has 0 spiro atoms. The molecule has 5 rings (SSSR count). The molecular formula is C21H17ClN4O2S. The van der Waals surface area contributed by atoms with Crippen LogP contribution in [0.1, 0.15) is 29.2 Å². The van der Waals surface area contributed by atoms with Gasteiger partial charge in [-0.1, -0.05) is 35.1 Å². The summed E-state index contributed by atoms with van der Waals surface area (Å²) in [6.45, 7) is 1.96. The number of ether oxygens (including phenoxy) is 1. The minimum Gasteiger partial charge on any atom is -0.497 e. The summed E-state index contributed by atoms with van der Waals surface area (Å²) < 4.78 is 8.04. The number of carbonyl (C=O) groups excluding carboxylic acids is 1. The number of thiazole rings is 1. The zero-order valence-electron chi connectivity index (χ0n) is 15.8. The first kappa shape index (κ1) is 18.1. The Hall–Kier alpha value is -2.90. The highest BCUT2D eigenvalue weighted by Crippen LogP contribution is 2.41. The minimum atomic E-state index is -0.0701. The number of amides is 1. The van der Waals surface area contributed by atoms with Gasteiger partial charge in [0.05, 0.1) is 23.0 Å². The van der Waals surface area contributed by atoms with E-state index in [2.05, 4.69) is 5.32 Å². The first-order valence-corrected chi connectivity index (χ1v) is 10.3. The van der Waals surface area contributed by atoms with Gasteiger partial charge in [-0.2, -0.15) is 9.78 Å². The Balaban J connectivity index is 1.64. The largest absolute Gasteiger partial charge is 0.497 e. The van der Waals surface area contributed by atoms with Crippen molar-refractivity contribution in [2.45, 2.75) is 19.3 Å². The van der Waals surface area contributed by atoms with Gasteiger partial charge in [0, 0.05) is 22.9 Å². The Labute approximate surface area is 176 Å². The molecule has 0 saturated carbocycles. The molecule has 0 radical (unpaired) electrons. The smallest absolute Gasteiger partial charge is 0.226 e. The highest BCUT2D eigenvalue weighted by atomic mass is 35.5. The van der Waals surface area contributed by atoms with Crippen molar-refractivity contribution in [3.8, 4) is 10.9 Å². The number of aromatic nitrogens is 3. The fourth-order valence-electron chi connectivity index (χ4n) is 3.78. The molecule has 1 amide bonds. The molecule has 1 aliphatic heterocycles. The molecule has 0 unspecified atom stereocenters. The zero-order chi connectivity index (χ0) is 20.1. The number of carbonyl (C=O) groups is 1. The Morgan fingerprint density at radius 2 is 2.03 bits per heavy atom. The third kappa shape index (κ3) is 3.07. The molecule has 0 saturated heterocycles. The Morgan fingerprint density at radius 1 is 1.24 bits per heavy atom. The maximum Gasteiger partial charge on any atom is 0.226 e. The summed E-state index contributed by atoms with van der Waals surface area (Å²) in [5.41, 5.74) is 3.80. The number of rotatable bonds is 3. The van der Waals surface area contributed by atoms with E-state index >= 15 is 0 Å². The monoisotopic (exact) mass is 424 g/mol.